The molecule has 0 saturated carbocycles. The summed E-state index contributed by atoms with van der Waals surface area (Å²) in [5.74, 6) is -0.296. The number of oxazole rings is 1. The van der Waals surface area contributed by atoms with Gasteiger partial charge in [0.1, 0.15) is 0 Å². The molecule has 2 aromatic rings. The van der Waals surface area contributed by atoms with E-state index in [1.54, 1.807) is 6.07 Å². The van der Waals surface area contributed by atoms with Crippen LogP contribution in [0.25, 0.3) is 11.1 Å². The van der Waals surface area contributed by atoms with Crippen molar-refractivity contribution in [2.75, 3.05) is 39.3 Å². The van der Waals surface area contributed by atoms with E-state index in [2.05, 4.69) is 24.1 Å². The van der Waals surface area contributed by atoms with Crippen molar-refractivity contribution in [3.05, 3.63) is 28.7 Å². The molecule has 1 saturated heterocycles. The fourth-order valence-electron chi connectivity index (χ4n) is 4.40. The largest absolute Gasteiger partial charge is 0.420 e. The highest BCUT2D eigenvalue weighted by molar-refractivity contribution is 7.89. The first-order valence-electron chi connectivity index (χ1n) is 11.8. The molecule has 10 heteroatoms. The second-order valence-corrected chi connectivity index (χ2v) is 10.8. The van der Waals surface area contributed by atoms with Gasteiger partial charge in [-0.1, -0.05) is 13.8 Å². The number of hydrogen-bond acceptors (Lipinski definition) is 6. The van der Waals surface area contributed by atoms with Crippen LogP contribution in [0.3, 0.4) is 0 Å². The Balaban J connectivity index is 1.57. The van der Waals surface area contributed by atoms with Gasteiger partial charge in [-0.25, -0.2) is 13.2 Å². The Morgan fingerprint density at radius 2 is 1.88 bits per heavy atom. The smallest absolute Gasteiger partial charge is 0.408 e. The standard InChI is InChI=1S/C23H36N4O5S/c1-5-25(6-2)14-11-24-22(28)15-18-9-12-26(13-10-18)33(30,31)19-7-8-20-21(16-19)32-23(29)27(20)17(3)4/h7-8,16-18H,5-6,9-15H2,1-4H3,(H,24,28). The molecule has 2 heterocycles. The van der Waals surface area contributed by atoms with Crippen molar-refractivity contribution in [1.29, 1.82) is 0 Å². The van der Waals surface area contributed by atoms with E-state index in [4.69, 9.17) is 4.42 Å². The van der Waals surface area contributed by atoms with Crippen molar-refractivity contribution in [2.24, 2.45) is 5.92 Å². The monoisotopic (exact) mass is 480 g/mol. The maximum absolute atomic E-state index is 13.2. The second kappa shape index (κ2) is 10.8. The number of likely N-dealkylation sites (N-methyl/N-ethyl adjacent to an activating group) is 1. The SMILES string of the molecule is CCN(CC)CCNC(=O)CC1CCN(S(=O)(=O)c2ccc3c(c2)oc(=O)n3C(C)C)CC1. The summed E-state index contributed by atoms with van der Waals surface area (Å²) in [7, 11) is -3.70. The summed E-state index contributed by atoms with van der Waals surface area (Å²) in [5, 5.41) is 2.98. The first-order valence-corrected chi connectivity index (χ1v) is 13.3. The number of sulfonamides is 1. The number of nitrogens with one attached hydrogen (secondary N) is 1. The van der Waals surface area contributed by atoms with Crippen LogP contribution in [0.15, 0.2) is 32.3 Å². The number of benzene rings is 1. The summed E-state index contributed by atoms with van der Waals surface area (Å²) < 4.78 is 34.6. The Morgan fingerprint density at radius 3 is 2.48 bits per heavy atom. The van der Waals surface area contributed by atoms with Gasteiger partial charge < -0.3 is 14.6 Å². The maximum atomic E-state index is 13.2. The van der Waals surface area contributed by atoms with E-state index in [0.717, 1.165) is 19.6 Å². The van der Waals surface area contributed by atoms with Gasteiger partial charge in [-0.3, -0.25) is 9.36 Å². The third kappa shape index (κ3) is 5.85. The zero-order valence-electron chi connectivity index (χ0n) is 20.0. The van der Waals surface area contributed by atoms with Gasteiger partial charge in [0.05, 0.1) is 10.4 Å². The van der Waals surface area contributed by atoms with Crippen LogP contribution in [-0.4, -0.2) is 67.4 Å². The lowest BCUT2D eigenvalue weighted by atomic mass is 9.94. The number of fused-ring (bicyclic) bond motifs is 1. The minimum atomic E-state index is -3.70. The molecule has 0 bridgehead atoms. The number of carbonyl (C=O) groups excluding carboxylic acids is 1. The lowest BCUT2D eigenvalue weighted by Crippen LogP contribution is -2.40. The van der Waals surface area contributed by atoms with E-state index < -0.39 is 15.8 Å². The third-order valence-electron chi connectivity index (χ3n) is 6.43. The normalized spacial score (nSPS) is 16.2. The Morgan fingerprint density at radius 1 is 1.21 bits per heavy atom. The van der Waals surface area contributed by atoms with Crippen LogP contribution in [0.1, 0.15) is 53.0 Å². The van der Waals surface area contributed by atoms with Gasteiger partial charge in [0.2, 0.25) is 15.9 Å². The summed E-state index contributed by atoms with van der Waals surface area (Å²) in [6, 6.07) is 4.50. The average Bonchev–Trinajstić information content (AvgIpc) is 3.12. The van der Waals surface area contributed by atoms with Crippen molar-refractivity contribution < 1.29 is 17.6 Å². The third-order valence-corrected chi connectivity index (χ3v) is 8.33. The molecule has 184 valence electrons. The van der Waals surface area contributed by atoms with Gasteiger partial charge in [-0.2, -0.15) is 4.31 Å². The summed E-state index contributed by atoms with van der Waals surface area (Å²) in [4.78, 5) is 26.7. The zero-order chi connectivity index (χ0) is 24.2. The summed E-state index contributed by atoms with van der Waals surface area (Å²) in [5.41, 5.74) is 0.853. The first-order chi connectivity index (χ1) is 15.7. The molecule has 33 heavy (non-hydrogen) atoms. The van der Waals surface area contributed by atoms with E-state index in [9.17, 15) is 18.0 Å². The van der Waals surface area contributed by atoms with Crippen molar-refractivity contribution >= 4 is 27.0 Å². The molecule has 1 fully saturated rings. The molecule has 1 aliphatic heterocycles. The van der Waals surface area contributed by atoms with Crippen LogP contribution < -0.4 is 11.1 Å². The van der Waals surface area contributed by atoms with Crippen molar-refractivity contribution in [1.82, 2.24) is 19.1 Å². The fourth-order valence-corrected chi connectivity index (χ4v) is 5.88. The predicted octanol–water partition coefficient (Wildman–Crippen LogP) is 2.42. The number of rotatable bonds is 10. The van der Waals surface area contributed by atoms with Crippen LogP contribution in [-0.2, 0) is 14.8 Å². The molecule has 3 rings (SSSR count). The lowest BCUT2D eigenvalue weighted by molar-refractivity contribution is -0.122. The van der Waals surface area contributed by atoms with Gasteiger partial charge >= 0.3 is 5.76 Å². The van der Waals surface area contributed by atoms with Crippen LogP contribution in [0.4, 0.5) is 0 Å². The number of amides is 1. The van der Waals surface area contributed by atoms with Gasteiger partial charge in [-0.15, -0.1) is 0 Å². The first kappa shape index (κ1) is 25.5. The fraction of sp³-hybridized carbons (Fsp3) is 0.652. The van der Waals surface area contributed by atoms with E-state index in [0.29, 0.717) is 44.4 Å². The van der Waals surface area contributed by atoms with Gasteiger partial charge in [0.25, 0.3) is 0 Å². The summed E-state index contributed by atoms with van der Waals surface area (Å²) in [6.07, 6.45) is 1.71. The van der Waals surface area contributed by atoms with E-state index in [1.165, 1.54) is 21.0 Å². The summed E-state index contributed by atoms with van der Waals surface area (Å²) >= 11 is 0. The van der Waals surface area contributed by atoms with E-state index in [1.807, 2.05) is 13.8 Å². The molecule has 1 aromatic heterocycles. The number of aromatic nitrogens is 1. The topological polar surface area (TPSA) is 105 Å². The molecule has 1 aromatic carbocycles. The zero-order valence-corrected chi connectivity index (χ0v) is 20.9. The Bertz CT molecular complexity index is 1110. The second-order valence-electron chi connectivity index (χ2n) is 8.89. The highest BCUT2D eigenvalue weighted by Gasteiger charge is 2.31. The van der Waals surface area contributed by atoms with Gasteiger partial charge in [0, 0.05) is 44.7 Å². The number of carbonyl (C=O) groups is 1. The molecule has 1 aliphatic rings. The van der Waals surface area contributed by atoms with Crippen molar-refractivity contribution in [2.45, 2.75) is 57.9 Å². The van der Waals surface area contributed by atoms with Crippen LogP contribution >= 0.6 is 0 Å². The minimum absolute atomic E-state index is 0.0265. The number of piperidine rings is 1. The van der Waals surface area contributed by atoms with Crippen molar-refractivity contribution in [3.63, 3.8) is 0 Å². The lowest BCUT2D eigenvalue weighted by Gasteiger charge is -2.31. The molecular formula is C23H36N4O5S. The minimum Gasteiger partial charge on any atom is -0.408 e. The molecule has 0 atom stereocenters. The van der Waals surface area contributed by atoms with E-state index >= 15 is 0 Å². The molecule has 0 radical (unpaired) electrons. The summed E-state index contributed by atoms with van der Waals surface area (Å²) in [6.45, 7) is 12.1. The average molecular weight is 481 g/mol. The quantitative estimate of drug-likeness (QED) is 0.560. The predicted molar refractivity (Wildman–Crippen MR) is 128 cm³/mol. The highest BCUT2D eigenvalue weighted by Crippen LogP contribution is 2.28. The molecule has 0 unspecified atom stereocenters. The van der Waals surface area contributed by atoms with Gasteiger partial charge in [-0.05, 0) is 57.8 Å². The van der Waals surface area contributed by atoms with Crippen LogP contribution in [0.5, 0.6) is 0 Å². The highest BCUT2D eigenvalue weighted by atomic mass is 32.2. The number of hydrogen-bond donors (Lipinski definition) is 1. The van der Waals surface area contributed by atoms with Crippen LogP contribution in [0, 0.1) is 5.92 Å². The van der Waals surface area contributed by atoms with Gasteiger partial charge in [0.15, 0.2) is 5.58 Å². The molecule has 9 nitrogen and oxygen atoms in total. The van der Waals surface area contributed by atoms with E-state index in [-0.39, 0.29) is 28.3 Å². The number of nitrogens with zero attached hydrogens (tertiary/aromatic N) is 3. The molecule has 1 amide bonds. The Hall–Kier alpha value is -2.17. The molecular weight excluding hydrogens is 444 g/mol. The van der Waals surface area contributed by atoms with Crippen LogP contribution in [0.2, 0.25) is 0 Å². The Kier molecular flexibility index (Phi) is 8.36. The molecule has 0 aliphatic carbocycles. The van der Waals surface area contributed by atoms with Crippen molar-refractivity contribution in [3.8, 4) is 0 Å². The molecule has 1 N–H and O–H groups in total. The Labute approximate surface area is 195 Å². The maximum Gasteiger partial charge on any atom is 0.420 e. The molecule has 0 spiro atoms.